The number of ether oxygens (including phenoxy) is 4. The molecule has 1 amide bonds. The van der Waals surface area contributed by atoms with E-state index < -0.39 is 6.09 Å². The van der Waals surface area contributed by atoms with Gasteiger partial charge in [-0.2, -0.15) is 4.98 Å². The molecule has 5 aromatic carbocycles. The number of pyridine rings is 1. The molecule has 0 bridgehead atoms. The normalized spacial score (nSPS) is 12.7. The molecule has 129 heavy (non-hydrogen) atoms. The number of nitrogens with zero attached hydrogens (tertiary/aromatic N) is 30. The molecule has 2 aliphatic rings. The minimum Gasteiger partial charge on any atom is -0.497 e. The van der Waals surface area contributed by atoms with Crippen LogP contribution in [0.25, 0.3) is 136 Å². The Balaban J connectivity index is 0.000000125. The maximum atomic E-state index is 11.8. The first-order valence-electron chi connectivity index (χ1n) is 38.9. The van der Waals surface area contributed by atoms with Gasteiger partial charge in [0, 0.05) is 128 Å². The predicted octanol–water partition coefficient (Wildman–Crippen LogP) is 15.6. The molecule has 1 saturated heterocycles. The Morgan fingerprint density at radius 2 is 0.775 bits per heavy atom. The van der Waals surface area contributed by atoms with Gasteiger partial charge in [0.2, 0.25) is 73.3 Å². The number of aromatic nitrogens is 29. The Kier molecular flexibility index (Phi) is 29.4. The van der Waals surface area contributed by atoms with Gasteiger partial charge in [0.05, 0.1) is 25.4 Å². The van der Waals surface area contributed by atoms with Gasteiger partial charge in [0.15, 0.2) is 34.9 Å². The first-order valence-corrected chi connectivity index (χ1v) is 40.0. The van der Waals surface area contributed by atoms with E-state index in [1.165, 1.54) is 36.9 Å². The van der Waals surface area contributed by atoms with Gasteiger partial charge in [0.1, 0.15) is 55.1 Å². The van der Waals surface area contributed by atoms with Crippen LogP contribution >= 0.6 is 34.8 Å². The zero-order valence-corrected chi connectivity index (χ0v) is 72.3. The van der Waals surface area contributed by atoms with E-state index in [9.17, 15) is 4.79 Å². The second-order valence-corrected chi connectivity index (χ2v) is 29.1. The summed E-state index contributed by atoms with van der Waals surface area (Å²) in [6.07, 6.45) is 33.8. The number of hydrogen-bond donors (Lipinski definition) is 1. The van der Waals surface area contributed by atoms with Gasteiger partial charge in [-0.15, -0.1) is 87.1 Å². The molecule has 1 N–H and O–H groups in total. The number of anilines is 1. The Bertz CT molecular complexity index is 6240. The van der Waals surface area contributed by atoms with Crippen molar-refractivity contribution in [2.24, 2.45) is 0 Å². The number of nitrogens with one attached hydrogen (secondary N) is 1. The number of methoxy groups -OCH3 is 1. The van der Waals surface area contributed by atoms with Gasteiger partial charge in [-0.3, -0.25) is 0 Å². The lowest BCUT2D eigenvalue weighted by Crippen LogP contribution is -2.39. The third-order valence-corrected chi connectivity index (χ3v) is 17.4. The van der Waals surface area contributed by atoms with Crippen molar-refractivity contribution in [3.63, 3.8) is 0 Å². The van der Waals surface area contributed by atoms with E-state index in [0.29, 0.717) is 97.0 Å². The van der Waals surface area contributed by atoms with E-state index in [1.54, 1.807) is 165 Å². The largest absolute Gasteiger partial charge is 0.497 e. The number of aryl methyl sites for hydroxylation is 3. The van der Waals surface area contributed by atoms with Crippen LogP contribution in [0.4, 0.5) is 10.7 Å². The molecule has 0 spiro atoms. The molecule has 654 valence electrons. The summed E-state index contributed by atoms with van der Waals surface area (Å²) < 4.78 is 56.7. The summed E-state index contributed by atoms with van der Waals surface area (Å²) in [5.74, 6) is 8.65. The second kappa shape index (κ2) is 42.7. The van der Waals surface area contributed by atoms with Crippen LogP contribution in [0.1, 0.15) is 87.8 Å². The van der Waals surface area contributed by atoms with Gasteiger partial charge in [-0.1, -0.05) is 59.1 Å². The smallest absolute Gasteiger partial charge is 0.437 e. The topological polar surface area (TPSA) is 470 Å². The number of amides is 1. The maximum Gasteiger partial charge on any atom is 0.437 e. The van der Waals surface area contributed by atoms with E-state index in [4.69, 9.17) is 80.7 Å². The minimum absolute atomic E-state index is 0.0556. The summed E-state index contributed by atoms with van der Waals surface area (Å²) in [5.41, 5.74) is 10.7. The molecule has 0 radical (unpaired) electrons. The molecule has 45 heteroatoms. The van der Waals surface area contributed by atoms with Crippen molar-refractivity contribution in [2.75, 3.05) is 12.0 Å². The van der Waals surface area contributed by atoms with Gasteiger partial charge in [0.25, 0.3) is 0 Å². The molecular formula is C84H76Cl3N31O11. The number of halogens is 3. The summed E-state index contributed by atoms with van der Waals surface area (Å²) in [6.45, 7) is 17.7. The lowest BCUT2D eigenvalue weighted by molar-refractivity contribution is 0.127. The molecule has 19 rings (SSSR count). The fourth-order valence-corrected chi connectivity index (χ4v) is 12.1. The van der Waals surface area contributed by atoms with Crippen molar-refractivity contribution in [2.45, 2.75) is 86.8 Å². The average molecular weight is 1800 g/mol. The van der Waals surface area contributed by atoms with E-state index in [0.717, 1.165) is 61.7 Å². The zero-order chi connectivity index (χ0) is 90.1. The molecule has 1 unspecified atom stereocenters. The third kappa shape index (κ3) is 25.6. The van der Waals surface area contributed by atoms with Gasteiger partial charge in [-0.25, -0.2) is 67.7 Å². The predicted molar refractivity (Wildman–Crippen MR) is 472 cm³/mol. The van der Waals surface area contributed by atoms with Crippen molar-refractivity contribution in [3.05, 3.63) is 246 Å². The van der Waals surface area contributed by atoms with E-state index in [-0.39, 0.29) is 24.5 Å². The van der Waals surface area contributed by atoms with Crippen molar-refractivity contribution in [3.8, 4) is 91.5 Å². The highest BCUT2D eigenvalue weighted by Crippen LogP contribution is 2.33. The van der Waals surface area contributed by atoms with Crippen LogP contribution in [0.2, 0.25) is 15.1 Å². The molecular weight excluding hydrogens is 1730 g/mol. The second-order valence-electron chi connectivity index (χ2n) is 27.8. The van der Waals surface area contributed by atoms with Crippen LogP contribution < -0.4 is 29.3 Å². The molecule has 14 heterocycles. The molecule has 2 aliphatic heterocycles. The van der Waals surface area contributed by atoms with Crippen molar-refractivity contribution < 1.29 is 50.7 Å². The molecule has 0 saturated carbocycles. The number of carbonyl (C=O) groups is 1. The molecule has 17 aromatic rings. The number of fused-ring (bicyclic) bond motifs is 3. The summed E-state index contributed by atoms with van der Waals surface area (Å²) >= 11 is 18.0. The van der Waals surface area contributed by atoms with Crippen LogP contribution in [0.5, 0.6) is 23.1 Å². The highest BCUT2D eigenvalue weighted by molar-refractivity contribution is 6.31. The summed E-state index contributed by atoms with van der Waals surface area (Å²) in [5, 5.41) is 64.7. The highest BCUT2D eigenvalue weighted by Gasteiger charge is 2.39. The third-order valence-electron chi connectivity index (χ3n) is 16.7. The number of carbonyl (C=O) groups excluding carboxylic acids is 1. The summed E-state index contributed by atoms with van der Waals surface area (Å²) in [4.78, 5) is 48.1. The number of hydrogen-bond acceptors (Lipinski definition) is 35. The lowest BCUT2D eigenvalue weighted by Gasteiger charge is -2.19. The van der Waals surface area contributed by atoms with Gasteiger partial charge >= 0.3 is 6.09 Å². The summed E-state index contributed by atoms with van der Waals surface area (Å²) in [7, 11) is 1.61. The fraction of sp³-hybridized carbons (Fsp3) is 0.167. The Labute approximate surface area is 747 Å². The van der Waals surface area contributed by atoms with Crippen LogP contribution in [-0.4, -0.2) is 182 Å². The first-order chi connectivity index (χ1) is 62.6. The number of hydroxylamine groups is 1. The monoisotopic (exact) mass is 1800 g/mol. The standard InChI is InChI=1S/C16H17N5O2.C15H14ClN5O2.C15H16N6O2.C14H13N5O3.2C12H8ClN5O/c1-11(2)23-14-7-12(3)6-13(8-14)16-17-9-21(20-16)5-4-15-19-18-10-22-15;1-10(2)23-13-6-11(5-12(16)7-13)15-17-8-21(20-15)4-3-14-19-18-9-22-14;1-10(2)23-14-7-12(6-11(3)18-14)15-16-8-21(20-15)5-4-13-19-17-9-22-13;1-8-5-9(7-10(6-8)21-2)12-15-13-18(16-12)4-3-11-17-22-14(20)19(11)13;2*13-10-3-1-2-9(6-10)12-14-7-18(17-12)5-4-11-16-15-8-19-11/h4-11H,1-3H3;3-10H,1-2H3;4-10H,1-3H3;3-7,11,17H,1-2H3;2*1-8H/b5-4-;4-3-;5-4-;;5-4+;5-4-. The molecule has 1 fully saturated rings. The first kappa shape index (κ1) is 88.8. The van der Waals surface area contributed by atoms with Crippen molar-refractivity contribution >= 4 is 114 Å². The maximum absolute atomic E-state index is 11.8. The van der Waals surface area contributed by atoms with Gasteiger partial charge in [-0.05, 0) is 164 Å². The van der Waals surface area contributed by atoms with E-state index >= 15 is 0 Å². The minimum atomic E-state index is -0.503. The molecule has 1 atom stereocenters. The Morgan fingerprint density at radius 1 is 0.403 bits per heavy atom. The molecule has 42 nitrogen and oxygen atoms in total. The van der Waals surface area contributed by atoms with E-state index in [2.05, 4.69) is 122 Å². The summed E-state index contributed by atoms with van der Waals surface area (Å²) in [6, 6.07) is 35.6. The fourth-order valence-electron chi connectivity index (χ4n) is 11.5. The van der Waals surface area contributed by atoms with Crippen LogP contribution in [-0.2, 0) is 4.84 Å². The Hall–Kier alpha value is -16.5. The highest BCUT2D eigenvalue weighted by atomic mass is 35.5. The van der Waals surface area contributed by atoms with Gasteiger partial charge < -0.3 is 45.9 Å². The van der Waals surface area contributed by atoms with Crippen molar-refractivity contribution in [1.29, 1.82) is 0 Å². The van der Waals surface area contributed by atoms with Crippen molar-refractivity contribution in [1.82, 2.24) is 150 Å². The molecule has 12 aromatic heterocycles. The lowest BCUT2D eigenvalue weighted by atomic mass is 10.1. The van der Waals surface area contributed by atoms with E-state index in [1.807, 2.05) is 153 Å². The quantitative estimate of drug-likeness (QED) is 0.0621. The average Bonchev–Trinajstić information content (AvgIpc) is 1.61. The van der Waals surface area contributed by atoms with Crippen LogP contribution in [0.3, 0.4) is 0 Å². The number of benzene rings is 5. The zero-order valence-electron chi connectivity index (χ0n) is 70.0. The van der Waals surface area contributed by atoms with Crippen LogP contribution in [0.15, 0.2) is 207 Å². The molecule has 0 aliphatic carbocycles. The Morgan fingerprint density at radius 3 is 1.17 bits per heavy atom. The SMILES string of the molecule is CC(C)Oc1cc(Cl)cc(-c2ncn(/C=C\c3nnco3)n2)c1.COc1cc(C)cc(-c2nc3n(n2)C=CC2NOC(=O)N32)c1.Cc1cc(-c2ncn(/C=C\c3nnco3)n2)cc(OC(C)C)n1.Cc1cc(OC(C)C)cc(-c2ncn(/C=C\c3nnco3)n2)c1.Clc1cccc(-c2ncn(/C=C/c3nnco3)n2)c1.Clc1cccc(-c2ncn(/C=C\c3nnco3)n2)c1. The van der Waals surface area contributed by atoms with Crippen LogP contribution in [0, 0.1) is 20.8 Å². The number of rotatable bonds is 23.